The van der Waals surface area contributed by atoms with Crippen LogP contribution in [-0.2, 0) is 4.79 Å². The molecule has 2 aliphatic rings. The Balaban J connectivity index is 1.91. The van der Waals surface area contributed by atoms with Crippen LogP contribution in [0.5, 0.6) is 0 Å². The van der Waals surface area contributed by atoms with Gasteiger partial charge in [0, 0.05) is 44.6 Å². The molecule has 1 saturated heterocycles. The molecule has 2 aliphatic heterocycles. The quantitative estimate of drug-likeness (QED) is 0.523. The minimum atomic E-state index is -0.951. The number of allylic oxidation sites excluding steroid dienone is 1. The van der Waals surface area contributed by atoms with Gasteiger partial charge in [-0.3, -0.25) is 5.01 Å². The van der Waals surface area contributed by atoms with Crippen LogP contribution in [0.15, 0.2) is 58.3 Å². The van der Waals surface area contributed by atoms with Gasteiger partial charge in [0.05, 0.1) is 0 Å². The van der Waals surface area contributed by atoms with Gasteiger partial charge >= 0.3 is 5.97 Å². The lowest BCUT2D eigenvalue weighted by Gasteiger charge is -2.42. The Morgan fingerprint density at radius 1 is 1.07 bits per heavy atom. The number of carbonyl (C=O) groups is 1. The molecule has 8 heteroatoms. The zero-order valence-corrected chi connectivity index (χ0v) is 19.6. The highest BCUT2D eigenvalue weighted by molar-refractivity contribution is 9.10. The van der Waals surface area contributed by atoms with Gasteiger partial charge in [-0.05, 0) is 56.2 Å². The molecule has 1 unspecified atom stereocenters. The van der Waals surface area contributed by atoms with Crippen molar-refractivity contribution in [1.29, 1.82) is 0 Å². The summed E-state index contributed by atoms with van der Waals surface area (Å²) < 4.78 is 0.958. The highest BCUT2D eigenvalue weighted by Gasteiger charge is 2.45. The van der Waals surface area contributed by atoms with E-state index in [0.717, 1.165) is 48.1 Å². The summed E-state index contributed by atoms with van der Waals surface area (Å²) in [5.41, 5.74) is 2.65. The fourth-order valence-electron chi connectivity index (χ4n) is 4.25. The number of benzene rings is 2. The van der Waals surface area contributed by atoms with E-state index < -0.39 is 12.1 Å². The average Bonchev–Trinajstić information content (AvgIpc) is 3.02. The second-order valence-electron chi connectivity index (χ2n) is 7.48. The number of anilines is 1. The largest absolute Gasteiger partial charge is 0.476 e. The maximum atomic E-state index is 12.4. The number of aliphatic carboxylic acids is 1. The summed E-state index contributed by atoms with van der Waals surface area (Å²) >= 11 is 16.3. The number of carboxylic acids is 1. The molecule has 0 amide bonds. The van der Waals surface area contributed by atoms with Gasteiger partial charge in [-0.1, -0.05) is 51.6 Å². The van der Waals surface area contributed by atoms with Crippen LogP contribution in [0, 0.1) is 0 Å². The number of halogens is 3. The smallest absolute Gasteiger partial charge is 0.355 e. The summed E-state index contributed by atoms with van der Waals surface area (Å²) in [7, 11) is 0. The lowest BCUT2D eigenvalue weighted by atomic mass is 10.1. The summed E-state index contributed by atoms with van der Waals surface area (Å²) in [5.74, 6) is -0.951. The van der Waals surface area contributed by atoms with Crippen LogP contribution in [0.4, 0.5) is 5.69 Å². The van der Waals surface area contributed by atoms with Crippen LogP contribution in [-0.4, -0.2) is 34.2 Å². The van der Waals surface area contributed by atoms with Crippen molar-refractivity contribution in [3.05, 3.63) is 73.9 Å². The first-order chi connectivity index (χ1) is 14.4. The first-order valence-corrected chi connectivity index (χ1v) is 11.4. The third kappa shape index (κ3) is 3.94. The van der Waals surface area contributed by atoms with E-state index in [-0.39, 0.29) is 5.70 Å². The standard InChI is InChI=1S/C22H22BrCl2N3O2/c1-14-20(22(29)30)28(26-11-3-2-4-12-26)21(18-10-7-16(24)13-19(18)25)27(14)17-8-5-15(23)6-9-17/h5-10,13,21H,2-4,11-12H2,1H3,(H,29,30). The van der Waals surface area contributed by atoms with E-state index in [1.165, 1.54) is 0 Å². The number of piperidine rings is 1. The van der Waals surface area contributed by atoms with E-state index in [4.69, 9.17) is 23.2 Å². The van der Waals surface area contributed by atoms with Gasteiger partial charge in [0.25, 0.3) is 0 Å². The Labute approximate surface area is 194 Å². The first kappa shape index (κ1) is 21.5. The van der Waals surface area contributed by atoms with Crippen molar-refractivity contribution in [2.45, 2.75) is 32.4 Å². The summed E-state index contributed by atoms with van der Waals surface area (Å²) in [6.07, 6.45) is 2.79. The fourth-order valence-corrected chi connectivity index (χ4v) is 5.03. The molecule has 0 radical (unpaired) electrons. The fraction of sp³-hybridized carbons (Fsp3) is 0.318. The van der Waals surface area contributed by atoms with Gasteiger partial charge in [0.2, 0.25) is 0 Å². The van der Waals surface area contributed by atoms with Crippen molar-refractivity contribution in [2.75, 3.05) is 18.0 Å². The van der Waals surface area contributed by atoms with Crippen LogP contribution in [0.25, 0.3) is 0 Å². The molecule has 1 N–H and O–H groups in total. The number of hydrogen-bond acceptors (Lipinski definition) is 4. The Bertz CT molecular complexity index is 990. The van der Waals surface area contributed by atoms with Crippen molar-refractivity contribution in [2.24, 2.45) is 0 Å². The molecular weight excluding hydrogens is 489 g/mol. The molecule has 0 aliphatic carbocycles. The van der Waals surface area contributed by atoms with Crippen LogP contribution in [0.1, 0.15) is 37.9 Å². The Hall–Kier alpha value is -1.73. The predicted octanol–water partition coefficient (Wildman–Crippen LogP) is 6.29. The molecule has 158 valence electrons. The zero-order chi connectivity index (χ0) is 21.4. The molecule has 2 aromatic rings. The second-order valence-corrected chi connectivity index (χ2v) is 9.24. The van der Waals surface area contributed by atoms with E-state index in [9.17, 15) is 9.90 Å². The maximum Gasteiger partial charge on any atom is 0.355 e. The Kier molecular flexibility index (Phi) is 6.30. The number of hydrogen-bond donors (Lipinski definition) is 1. The minimum Gasteiger partial charge on any atom is -0.476 e. The van der Waals surface area contributed by atoms with E-state index in [1.54, 1.807) is 12.1 Å². The highest BCUT2D eigenvalue weighted by atomic mass is 79.9. The lowest BCUT2D eigenvalue weighted by Crippen LogP contribution is -2.48. The number of nitrogens with zero attached hydrogens (tertiary/aromatic N) is 3. The number of rotatable bonds is 4. The van der Waals surface area contributed by atoms with Gasteiger partial charge in [-0.15, -0.1) is 0 Å². The maximum absolute atomic E-state index is 12.4. The van der Waals surface area contributed by atoms with Crippen molar-refractivity contribution in [3.63, 3.8) is 0 Å². The molecule has 0 spiro atoms. The number of hydrazine groups is 1. The molecule has 4 rings (SSSR count). The van der Waals surface area contributed by atoms with Crippen molar-refractivity contribution in [1.82, 2.24) is 10.0 Å². The zero-order valence-electron chi connectivity index (χ0n) is 16.5. The topological polar surface area (TPSA) is 47.0 Å². The molecule has 0 aromatic heterocycles. The monoisotopic (exact) mass is 509 g/mol. The second kappa shape index (κ2) is 8.79. The Morgan fingerprint density at radius 2 is 1.73 bits per heavy atom. The van der Waals surface area contributed by atoms with Crippen molar-refractivity contribution < 1.29 is 9.90 Å². The summed E-state index contributed by atoms with van der Waals surface area (Å²) in [6, 6.07) is 13.2. The third-order valence-electron chi connectivity index (χ3n) is 5.59. The van der Waals surface area contributed by atoms with E-state index in [2.05, 4.69) is 20.9 Å². The van der Waals surface area contributed by atoms with Crippen LogP contribution in [0.3, 0.4) is 0 Å². The molecule has 30 heavy (non-hydrogen) atoms. The molecule has 1 atom stereocenters. The van der Waals surface area contributed by atoms with Crippen LogP contribution < -0.4 is 4.90 Å². The minimum absolute atomic E-state index is 0.274. The summed E-state index contributed by atoms with van der Waals surface area (Å²) in [4.78, 5) is 14.4. The Morgan fingerprint density at radius 3 is 2.33 bits per heavy atom. The van der Waals surface area contributed by atoms with Crippen molar-refractivity contribution >= 4 is 50.8 Å². The molecule has 5 nitrogen and oxygen atoms in total. The molecule has 0 saturated carbocycles. The first-order valence-electron chi connectivity index (χ1n) is 9.86. The summed E-state index contributed by atoms with van der Waals surface area (Å²) in [5, 5.41) is 15.3. The van der Waals surface area contributed by atoms with Crippen LogP contribution in [0.2, 0.25) is 10.0 Å². The third-order valence-corrected chi connectivity index (χ3v) is 6.69. The average molecular weight is 511 g/mol. The molecular formula is C22H22BrCl2N3O2. The SMILES string of the molecule is CC1=C(C(=O)O)N(N2CCCCC2)C(c2ccc(Cl)cc2Cl)N1c1ccc(Br)cc1. The van der Waals surface area contributed by atoms with E-state index in [1.807, 2.05) is 47.2 Å². The van der Waals surface area contributed by atoms with Gasteiger partial charge in [-0.25, -0.2) is 9.80 Å². The van der Waals surface area contributed by atoms with Gasteiger partial charge < -0.3 is 10.0 Å². The molecule has 0 bridgehead atoms. The van der Waals surface area contributed by atoms with Crippen LogP contribution >= 0.6 is 39.1 Å². The highest BCUT2D eigenvalue weighted by Crippen LogP contribution is 2.46. The predicted molar refractivity (Wildman–Crippen MR) is 123 cm³/mol. The van der Waals surface area contributed by atoms with Gasteiger partial charge in [-0.2, -0.15) is 0 Å². The molecule has 2 heterocycles. The van der Waals surface area contributed by atoms with E-state index in [0.29, 0.717) is 15.7 Å². The molecule has 2 aromatic carbocycles. The number of carboxylic acid groups (broad SMARTS) is 1. The normalized spacial score (nSPS) is 20.2. The van der Waals surface area contributed by atoms with Crippen molar-refractivity contribution in [3.8, 4) is 0 Å². The van der Waals surface area contributed by atoms with Gasteiger partial charge in [0.15, 0.2) is 5.70 Å². The summed E-state index contributed by atoms with van der Waals surface area (Å²) in [6.45, 7) is 3.46. The lowest BCUT2D eigenvalue weighted by molar-refractivity contribution is -0.139. The van der Waals surface area contributed by atoms with Gasteiger partial charge in [0.1, 0.15) is 6.17 Å². The molecule has 1 fully saturated rings. The van der Waals surface area contributed by atoms with E-state index >= 15 is 0 Å².